The second-order valence-corrected chi connectivity index (χ2v) is 7.25. The quantitative estimate of drug-likeness (QED) is 0.753. The van der Waals surface area contributed by atoms with E-state index in [9.17, 15) is 4.79 Å². The average Bonchev–Trinajstić information content (AvgIpc) is 3.08. The van der Waals surface area contributed by atoms with Crippen LogP contribution in [0.1, 0.15) is 43.0 Å². The molecule has 4 heteroatoms. The molecule has 138 valence electrons. The smallest absolute Gasteiger partial charge is 0.154 e. The summed E-state index contributed by atoms with van der Waals surface area (Å²) in [5, 5.41) is 7.04. The minimum atomic E-state index is 0.0384. The highest BCUT2D eigenvalue weighted by Crippen LogP contribution is 2.45. The molecular weight excluding hydrogens is 336 g/mol. The number of nitrogens with zero attached hydrogens (tertiary/aromatic N) is 2. The van der Waals surface area contributed by atoms with Crippen molar-refractivity contribution in [3.8, 4) is 5.75 Å². The minimum Gasteiger partial charge on any atom is -0.497 e. The van der Waals surface area contributed by atoms with E-state index in [0.717, 1.165) is 30.0 Å². The first kappa shape index (κ1) is 17.5. The third kappa shape index (κ3) is 3.16. The topological polar surface area (TPSA) is 41.9 Å². The molecule has 2 aliphatic rings. The third-order valence-electron chi connectivity index (χ3n) is 5.44. The summed E-state index contributed by atoms with van der Waals surface area (Å²) in [5.41, 5.74) is 5.68. The van der Waals surface area contributed by atoms with Gasteiger partial charge >= 0.3 is 0 Å². The van der Waals surface area contributed by atoms with E-state index in [1.165, 1.54) is 16.7 Å². The Labute approximate surface area is 160 Å². The molecule has 0 amide bonds. The Morgan fingerprint density at radius 1 is 1.19 bits per heavy atom. The van der Waals surface area contributed by atoms with Gasteiger partial charge in [-0.05, 0) is 49.9 Å². The van der Waals surface area contributed by atoms with Gasteiger partial charge in [0.25, 0.3) is 0 Å². The van der Waals surface area contributed by atoms with E-state index in [4.69, 9.17) is 9.84 Å². The van der Waals surface area contributed by atoms with Gasteiger partial charge in [0.05, 0.1) is 18.9 Å². The average molecular weight is 360 g/mol. The van der Waals surface area contributed by atoms with E-state index in [1.54, 1.807) is 20.1 Å². The van der Waals surface area contributed by atoms with Crippen molar-refractivity contribution in [3.05, 3.63) is 77.0 Å². The van der Waals surface area contributed by atoms with Gasteiger partial charge in [0, 0.05) is 23.3 Å². The standard InChI is InChI=1S/C23H24N2O2/c1-15(13-16(2)26)25-23(18-7-5-4-6-8-18)20-12-10-17-9-11-19(27-3)14-21(17)22(20)24-25/h4-9,11,13-14,20,23H,10,12H2,1-3H3. The number of hydrazone groups is 1. The molecular formula is C23H24N2O2. The van der Waals surface area contributed by atoms with Gasteiger partial charge in [-0.25, -0.2) is 0 Å². The molecule has 0 saturated carbocycles. The summed E-state index contributed by atoms with van der Waals surface area (Å²) in [5.74, 6) is 1.18. The van der Waals surface area contributed by atoms with Crippen LogP contribution in [0.3, 0.4) is 0 Å². The number of ketones is 1. The van der Waals surface area contributed by atoms with Gasteiger partial charge < -0.3 is 4.74 Å². The van der Waals surface area contributed by atoms with E-state index >= 15 is 0 Å². The van der Waals surface area contributed by atoms with Crippen molar-refractivity contribution in [3.63, 3.8) is 0 Å². The summed E-state index contributed by atoms with van der Waals surface area (Å²) in [6.45, 7) is 3.54. The SMILES string of the molecule is COc1ccc2c(c1)C1=NN(C(C)=CC(C)=O)C(c3ccccc3)C1CC2. The molecule has 2 unspecified atom stereocenters. The van der Waals surface area contributed by atoms with Crippen LogP contribution in [0.2, 0.25) is 0 Å². The van der Waals surface area contributed by atoms with Crippen LogP contribution in [0, 0.1) is 5.92 Å². The normalized spacial score (nSPS) is 21.4. The van der Waals surface area contributed by atoms with Crippen LogP contribution < -0.4 is 4.74 Å². The van der Waals surface area contributed by atoms with Gasteiger partial charge in [-0.15, -0.1) is 0 Å². The summed E-state index contributed by atoms with van der Waals surface area (Å²) in [6.07, 6.45) is 3.74. The van der Waals surface area contributed by atoms with E-state index in [1.807, 2.05) is 24.1 Å². The van der Waals surface area contributed by atoms with Gasteiger partial charge in [-0.3, -0.25) is 9.80 Å². The predicted octanol–water partition coefficient (Wildman–Crippen LogP) is 4.51. The first-order valence-corrected chi connectivity index (χ1v) is 9.37. The van der Waals surface area contributed by atoms with Gasteiger partial charge in [0.1, 0.15) is 5.75 Å². The number of allylic oxidation sites excluding steroid dienone is 2. The minimum absolute atomic E-state index is 0.0384. The zero-order chi connectivity index (χ0) is 19.0. The second-order valence-electron chi connectivity index (χ2n) is 7.25. The molecule has 0 aromatic heterocycles. The van der Waals surface area contributed by atoms with Crippen LogP contribution in [-0.2, 0) is 11.2 Å². The highest BCUT2D eigenvalue weighted by molar-refractivity contribution is 6.06. The van der Waals surface area contributed by atoms with Crippen LogP contribution in [0.5, 0.6) is 5.75 Å². The van der Waals surface area contributed by atoms with Gasteiger partial charge in [0.2, 0.25) is 0 Å². The first-order chi connectivity index (χ1) is 13.1. The summed E-state index contributed by atoms with van der Waals surface area (Å²) >= 11 is 0. The predicted molar refractivity (Wildman–Crippen MR) is 107 cm³/mol. The fourth-order valence-corrected chi connectivity index (χ4v) is 4.25. The Hall–Kier alpha value is -2.88. The zero-order valence-corrected chi connectivity index (χ0v) is 16.0. The van der Waals surface area contributed by atoms with Gasteiger partial charge in [-0.1, -0.05) is 36.4 Å². The number of hydrogen-bond acceptors (Lipinski definition) is 4. The molecule has 4 rings (SSSR count). The number of carbonyl (C=O) groups is 1. The van der Waals surface area contributed by atoms with E-state index in [0.29, 0.717) is 5.92 Å². The largest absolute Gasteiger partial charge is 0.497 e. The van der Waals surface area contributed by atoms with Crippen LogP contribution in [0.4, 0.5) is 0 Å². The Bertz CT molecular complexity index is 931. The Morgan fingerprint density at radius 2 is 1.96 bits per heavy atom. The molecule has 0 spiro atoms. The molecule has 1 aliphatic carbocycles. The molecule has 0 fully saturated rings. The number of fused-ring (bicyclic) bond motifs is 3. The van der Waals surface area contributed by atoms with E-state index in [2.05, 4.69) is 36.4 Å². The molecule has 2 aromatic rings. The number of methoxy groups -OCH3 is 1. The van der Waals surface area contributed by atoms with Crippen molar-refractivity contribution in [2.24, 2.45) is 11.0 Å². The molecule has 0 bridgehead atoms. The van der Waals surface area contributed by atoms with Crippen LogP contribution in [-0.4, -0.2) is 23.6 Å². The lowest BCUT2D eigenvalue weighted by molar-refractivity contribution is -0.112. The highest BCUT2D eigenvalue weighted by Gasteiger charge is 2.42. The van der Waals surface area contributed by atoms with Gasteiger partial charge in [-0.2, -0.15) is 5.10 Å². The number of aryl methyl sites for hydroxylation is 1. The Morgan fingerprint density at radius 3 is 2.67 bits per heavy atom. The number of carbonyl (C=O) groups excluding carboxylic acids is 1. The molecule has 4 nitrogen and oxygen atoms in total. The van der Waals surface area contributed by atoms with Crippen molar-refractivity contribution >= 4 is 11.5 Å². The van der Waals surface area contributed by atoms with Crippen LogP contribution in [0.15, 0.2) is 65.4 Å². The number of ether oxygens (including phenoxy) is 1. The van der Waals surface area contributed by atoms with Crippen molar-refractivity contribution in [2.45, 2.75) is 32.7 Å². The van der Waals surface area contributed by atoms with Crippen molar-refractivity contribution in [2.75, 3.05) is 7.11 Å². The molecule has 1 aliphatic heterocycles. The van der Waals surface area contributed by atoms with Crippen LogP contribution in [0.25, 0.3) is 0 Å². The summed E-state index contributed by atoms with van der Waals surface area (Å²) < 4.78 is 5.44. The highest BCUT2D eigenvalue weighted by atomic mass is 16.5. The lowest BCUT2D eigenvalue weighted by Gasteiger charge is -2.31. The number of benzene rings is 2. The molecule has 0 radical (unpaired) electrons. The fraction of sp³-hybridized carbons (Fsp3) is 0.304. The van der Waals surface area contributed by atoms with Crippen LogP contribution >= 0.6 is 0 Å². The number of rotatable bonds is 4. The molecule has 2 aromatic carbocycles. The van der Waals surface area contributed by atoms with Gasteiger partial charge in [0.15, 0.2) is 5.78 Å². The summed E-state index contributed by atoms with van der Waals surface area (Å²) in [6, 6.07) is 16.8. The van der Waals surface area contributed by atoms with E-state index < -0.39 is 0 Å². The third-order valence-corrected chi connectivity index (χ3v) is 5.44. The summed E-state index contributed by atoms with van der Waals surface area (Å²) in [4.78, 5) is 11.7. The molecule has 0 saturated heterocycles. The molecule has 0 N–H and O–H groups in total. The van der Waals surface area contributed by atoms with Crippen molar-refractivity contribution < 1.29 is 9.53 Å². The fourth-order valence-electron chi connectivity index (χ4n) is 4.25. The Balaban J connectivity index is 1.83. The Kier molecular flexibility index (Phi) is 4.56. The second kappa shape index (κ2) is 7.03. The lowest BCUT2D eigenvalue weighted by atomic mass is 9.77. The van der Waals surface area contributed by atoms with Crippen molar-refractivity contribution in [1.29, 1.82) is 0 Å². The maximum absolute atomic E-state index is 11.7. The molecule has 27 heavy (non-hydrogen) atoms. The maximum atomic E-state index is 11.7. The van der Waals surface area contributed by atoms with Crippen molar-refractivity contribution in [1.82, 2.24) is 5.01 Å². The summed E-state index contributed by atoms with van der Waals surface area (Å²) in [7, 11) is 1.69. The monoisotopic (exact) mass is 360 g/mol. The zero-order valence-electron chi connectivity index (χ0n) is 16.0. The number of hydrogen-bond donors (Lipinski definition) is 0. The van der Waals surface area contributed by atoms with E-state index in [-0.39, 0.29) is 11.8 Å². The maximum Gasteiger partial charge on any atom is 0.154 e. The first-order valence-electron chi connectivity index (χ1n) is 9.37. The molecule has 1 heterocycles. The lowest BCUT2D eigenvalue weighted by Crippen LogP contribution is -2.28. The molecule has 2 atom stereocenters.